The number of amides is 1. The summed E-state index contributed by atoms with van der Waals surface area (Å²) in [5.74, 6) is 1.28. The quantitative estimate of drug-likeness (QED) is 0.645. The summed E-state index contributed by atoms with van der Waals surface area (Å²) >= 11 is 0. The van der Waals surface area contributed by atoms with E-state index in [2.05, 4.69) is 4.90 Å². The number of nitrogens with zero attached hydrogens (tertiary/aromatic N) is 2. The highest BCUT2D eigenvalue weighted by atomic mass is 16.5. The molecule has 2 N–H and O–H groups in total. The molecule has 0 unspecified atom stereocenters. The monoisotopic (exact) mass is 476 g/mol. The van der Waals surface area contributed by atoms with E-state index in [9.17, 15) is 15.0 Å². The number of carbonyl (C=O) groups is 1. The van der Waals surface area contributed by atoms with Crippen molar-refractivity contribution < 1.29 is 24.2 Å². The number of phenolic OH excluding ortho intramolecular Hbond substituents is 1. The summed E-state index contributed by atoms with van der Waals surface area (Å²) in [5.41, 5.74) is 1.44. The van der Waals surface area contributed by atoms with Crippen LogP contribution in [0.3, 0.4) is 0 Å². The standard InChI is InChI=1S/C28H32N2O5/c1-29(23(32)7-4-18-9-13-34-16-18)20-8-10-28(33)22-14-19-5-6-21(31)25-24(19)27(28,26(20)35-25)11-12-30(22)15-17-2-3-17/h4-7,9,13,16-17,20,22,26,31,33H,2-3,8,10-12,14-15H2,1H3/b7-4-/t20-,22+,26-,27-,28+/m0/s1. The minimum atomic E-state index is -0.941. The molecule has 3 fully saturated rings. The normalized spacial score (nSPS) is 35.1. The summed E-state index contributed by atoms with van der Waals surface area (Å²) in [6, 6.07) is 5.38. The molecule has 2 aliphatic heterocycles. The maximum absolute atomic E-state index is 13.2. The summed E-state index contributed by atoms with van der Waals surface area (Å²) in [6.07, 6.45) is 11.5. The van der Waals surface area contributed by atoms with Crippen LogP contribution in [0.2, 0.25) is 0 Å². The lowest BCUT2D eigenvalue weighted by Gasteiger charge is -2.64. The van der Waals surface area contributed by atoms with Gasteiger partial charge < -0.3 is 24.3 Å². The molecule has 3 heterocycles. The van der Waals surface area contributed by atoms with Crippen molar-refractivity contribution in [3.05, 3.63) is 53.5 Å². The molecule has 1 spiro atoms. The van der Waals surface area contributed by atoms with Gasteiger partial charge in [0.2, 0.25) is 5.91 Å². The van der Waals surface area contributed by atoms with Crippen LogP contribution in [0.4, 0.5) is 0 Å². The highest BCUT2D eigenvalue weighted by molar-refractivity contribution is 5.91. The van der Waals surface area contributed by atoms with Crippen molar-refractivity contribution in [3.63, 3.8) is 0 Å². The van der Waals surface area contributed by atoms with E-state index in [1.807, 2.05) is 19.2 Å². The van der Waals surface area contributed by atoms with Gasteiger partial charge in [-0.05, 0) is 74.8 Å². The van der Waals surface area contributed by atoms with E-state index in [4.69, 9.17) is 9.15 Å². The number of rotatable bonds is 5. The number of likely N-dealkylation sites (tertiary alicyclic amines) is 1. The van der Waals surface area contributed by atoms with Crippen LogP contribution in [0.15, 0.2) is 41.2 Å². The second-order valence-electron chi connectivity index (χ2n) is 11.2. The van der Waals surface area contributed by atoms with Crippen molar-refractivity contribution in [2.75, 3.05) is 20.1 Å². The molecule has 1 aromatic carbocycles. The third-order valence-electron chi connectivity index (χ3n) is 9.54. The first-order chi connectivity index (χ1) is 16.9. The summed E-state index contributed by atoms with van der Waals surface area (Å²) < 4.78 is 11.7. The van der Waals surface area contributed by atoms with Gasteiger partial charge in [-0.1, -0.05) is 6.07 Å². The number of hydrogen-bond acceptors (Lipinski definition) is 6. The Labute approximate surface area is 205 Å². The zero-order valence-electron chi connectivity index (χ0n) is 20.0. The average molecular weight is 477 g/mol. The number of hydrogen-bond donors (Lipinski definition) is 2. The molecule has 7 nitrogen and oxygen atoms in total. The van der Waals surface area contributed by atoms with E-state index >= 15 is 0 Å². The fourth-order valence-corrected chi connectivity index (χ4v) is 7.67. The number of likely N-dealkylation sites (N-methyl/N-ethyl adjacent to an activating group) is 1. The third-order valence-corrected chi connectivity index (χ3v) is 9.54. The molecule has 5 atom stereocenters. The van der Waals surface area contributed by atoms with E-state index in [0.29, 0.717) is 18.6 Å². The maximum Gasteiger partial charge on any atom is 0.246 e. The topological polar surface area (TPSA) is 86.4 Å². The molecule has 184 valence electrons. The molecule has 1 amide bonds. The van der Waals surface area contributed by atoms with E-state index in [0.717, 1.165) is 43.0 Å². The van der Waals surface area contributed by atoms with Crippen LogP contribution in [0, 0.1) is 5.92 Å². The van der Waals surface area contributed by atoms with Gasteiger partial charge in [0, 0.05) is 36.8 Å². The highest BCUT2D eigenvalue weighted by Crippen LogP contribution is 2.66. The van der Waals surface area contributed by atoms with Gasteiger partial charge in [-0.25, -0.2) is 0 Å². The van der Waals surface area contributed by atoms with Gasteiger partial charge in [0.05, 0.1) is 29.6 Å². The largest absolute Gasteiger partial charge is 0.504 e. The van der Waals surface area contributed by atoms with E-state index < -0.39 is 17.1 Å². The van der Waals surface area contributed by atoms with Gasteiger partial charge in [0.15, 0.2) is 11.5 Å². The van der Waals surface area contributed by atoms with Crippen LogP contribution < -0.4 is 4.74 Å². The van der Waals surface area contributed by atoms with Crippen LogP contribution in [0.1, 0.15) is 48.8 Å². The Balaban J connectivity index is 1.28. The predicted molar refractivity (Wildman–Crippen MR) is 129 cm³/mol. The van der Waals surface area contributed by atoms with Crippen molar-refractivity contribution in [3.8, 4) is 11.5 Å². The summed E-state index contributed by atoms with van der Waals surface area (Å²) in [5, 5.41) is 23.3. The van der Waals surface area contributed by atoms with Gasteiger partial charge in [0.25, 0.3) is 0 Å². The fraction of sp³-hybridized carbons (Fsp3) is 0.536. The minimum Gasteiger partial charge on any atom is -0.504 e. The van der Waals surface area contributed by atoms with Gasteiger partial charge in [-0.2, -0.15) is 0 Å². The molecule has 1 saturated heterocycles. The summed E-state index contributed by atoms with van der Waals surface area (Å²) in [7, 11) is 1.82. The molecule has 0 radical (unpaired) electrons. The predicted octanol–water partition coefficient (Wildman–Crippen LogP) is 3.09. The van der Waals surface area contributed by atoms with Crippen LogP contribution in [-0.4, -0.2) is 69.8 Å². The van der Waals surface area contributed by atoms with Crippen molar-refractivity contribution >= 4 is 12.0 Å². The van der Waals surface area contributed by atoms with Crippen molar-refractivity contribution in [1.82, 2.24) is 9.80 Å². The first-order valence-electron chi connectivity index (χ1n) is 12.9. The second-order valence-corrected chi connectivity index (χ2v) is 11.2. The van der Waals surface area contributed by atoms with Crippen molar-refractivity contribution in [1.29, 1.82) is 0 Å². The number of aliphatic hydroxyl groups is 1. The molecule has 35 heavy (non-hydrogen) atoms. The van der Waals surface area contributed by atoms with Gasteiger partial charge >= 0.3 is 0 Å². The summed E-state index contributed by atoms with van der Waals surface area (Å²) in [4.78, 5) is 17.5. The average Bonchev–Trinajstić information content (AvgIpc) is 3.36. The number of furan rings is 1. The number of phenols is 1. The smallest absolute Gasteiger partial charge is 0.246 e. The molecular formula is C28H32N2O5. The Kier molecular flexibility index (Phi) is 4.53. The van der Waals surface area contributed by atoms with Crippen LogP contribution in [0.25, 0.3) is 6.08 Å². The van der Waals surface area contributed by atoms with Crippen molar-refractivity contribution in [2.45, 2.75) is 67.7 Å². The Hall–Kier alpha value is -2.77. The van der Waals surface area contributed by atoms with Gasteiger partial charge in [-0.3, -0.25) is 9.69 Å². The minimum absolute atomic E-state index is 0.0360. The molecule has 7 rings (SSSR count). The van der Waals surface area contributed by atoms with Crippen molar-refractivity contribution in [2.24, 2.45) is 5.92 Å². The Morgan fingerprint density at radius 3 is 2.89 bits per heavy atom. The van der Waals surface area contributed by atoms with Crippen LogP contribution >= 0.6 is 0 Å². The first-order valence-corrected chi connectivity index (χ1v) is 12.9. The molecule has 5 aliphatic rings. The zero-order valence-corrected chi connectivity index (χ0v) is 20.0. The molecule has 1 aromatic heterocycles. The molecule has 2 bridgehead atoms. The first kappa shape index (κ1) is 21.5. The van der Waals surface area contributed by atoms with Crippen LogP contribution in [0.5, 0.6) is 11.5 Å². The number of aromatic hydroxyl groups is 1. The Morgan fingerprint density at radius 2 is 2.11 bits per heavy atom. The third kappa shape index (κ3) is 2.88. The molecular weight excluding hydrogens is 444 g/mol. The van der Waals surface area contributed by atoms with E-state index in [-0.39, 0.29) is 23.7 Å². The Morgan fingerprint density at radius 1 is 1.26 bits per heavy atom. The number of benzene rings is 1. The number of piperidine rings is 1. The second kappa shape index (κ2) is 7.37. The lowest BCUT2D eigenvalue weighted by atomic mass is 9.48. The van der Waals surface area contributed by atoms with Crippen LogP contribution in [-0.2, 0) is 16.6 Å². The lowest BCUT2D eigenvalue weighted by molar-refractivity contribution is -0.200. The summed E-state index contributed by atoms with van der Waals surface area (Å²) in [6.45, 7) is 1.96. The maximum atomic E-state index is 13.2. The lowest BCUT2D eigenvalue weighted by Crippen LogP contribution is -2.78. The number of ether oxygens (including phenoxy) is 1. The van der Waals surface area contributed by atoms with Gasteiger partial charge in [-0.15, -0.1) is 0 Å². The van der Waals surface area contributed by atoms with E-state index in [1.54, 1.807) is 35.6 Å². The Bertz CT molecular complexity index is 1200. The molecule has 2 aromatic rings. The fourth-order valence-electron chi connectivity index (χ4n) is 7.67. The molecule has 7 heteroatoms. The zero-order chi connectivity index (χ0) is 23.9. The molecule has 2 saturated carbocycles. The number of carbonyl (C=O) groups excluding carboxylic acids is 1. The van der Waals surface area contributed by atoms with E-state index in [1.165, 1.54) is 18.4 Å². The van der Waals surface area contributed by atoms with Gasteiger partial charge in [0.1, 0.15) is 6.10 Å². The SMILES string of the molecule is CN(C(=O)/C=C\c1ccoc1)[C@H]1CC[C@@]2(O)[C@H]3Cc4ccc(O)c5c4[C@@]2(CCN3CC2CC2)[C@H]1O5. The molecule has 3 aliphatic carbocycles. The highest BCUT2D eigenvalue weighted by Gasteiger charge is 2.73.